The second-order valence-electron chi connectivity index (χ2n) is 7.15. The minimum absolute atomic E-state index is 0.159. The van der Waals surface area contributed by atoms with Gasteiger partial charge in [0.15, 0.2) is 16.7 Å². The third kappa shape index (κ3) is 4.82. The molecule has 1 atom stereocenters. The number of rotatable bonds is 8. The lowest BCUT2D eigenvalue weighted by Gasteiger charge is -2.25. The highest BCUT2D eigenvalue weighted by atomic mass is 32.2. The number of methoxy groups -OCH3 is 1. The fourth-order valence-corrected chi connectivity index (χ4v) is 3.71. The van der Waals surface area contributed by atoms with Gasteiger partial charge in [-0.2, -0.15) is 0 Å². The van der Waals surface area contributed by atoms with Gasteiger partial charge in [0.05, 0.1) is 19.3 Å². The zero-order valence-corrected chi connectivity index (χ0v) is 17.6. The third-order valence-corrected chi connectivity index (χ3v) is 5.30. The first-order valence-corrected chi connectivity index (χ1v) is 10.4. The number of nitrogens with one attached hydrogen (secondary N) is 2. The summed E-state index contributed by atoms with van der Waals surface area (Å²) in [4.78, 5) is 32.3. The van der Waals surface area contributed by atoms with Crippen LogP contribution in [0.3, 0.4) is 0 Å². The number of carbonyl (C=O) groups excluding carboxylic acids is 1. The summed E-state index contributed by atoms with van der Waals surface area (Å²) < 4.78 is 11.3. The molecule has 0 saturated heterocycles. The summed E-state index contributed by atoms with van der Waals surface area (Å²) in [5.74, 6) is 1.90. The van der Waals surface area contributed by atoms with Crippen molar-refractivity contribution in [1.29, 1.82) is 0 Å². The number of benzene rings is 1. The standard InChI is InChI=1S/C21H25N3O4S/c1-5-8-29-21-23-19-18(20(26)24-21)14(10-17(25)22-19)13-6-7-15(16(9-13)27-4)28-11-12(2)3/h5-7,9,12,14H,1,8,10-11H2,2-4H3,(H2,22,23,24,25,26)/t14-/m0/s1. The predicted molar refractivity (Wildman–Crippen MR) is 114 cm³/mol. The van der Waals surface area contributed by atoms with E-state index in [-0.39, 0.29) is 17.9 Å². The first kappa shape index (κ1) is 21.0. The summed E-state index contributed by atoms with van der Waals surface area (Å²) in [6.45, 7) is 8.37. The Morgan fingerprint density at radius 1 is 1.34 bits per heavy atom. The Balaban J connectivity index is 1.99. The highest BCUT2D eigenvalue weighted by molar-refractivity contribution is 7.99. The molecule has 2 N–H and O–H groups in total. The molecule has 1 aliphatic heterocycles. The minimum Gasteiger partial charge on any atom is -0.493 e. The summed E-state index contributed by atoms with van der Waals surface area (Å²) in [5.41, 5.74) is 0.991. The van der Waals surface area contributed by atoms with Crippen LogP contribution in [0.5, 0.6) is 11.5 Å². The van der Waals surface area contributed by atoms with E-state index in [0.29, 0.717) is 46.3 Å². The number of aromatic amines is 1. The molecule has 154 valence electrons. The van der Waals surface area contributed by atoms with Crippen molar-refractivity contribution in [1.82, 2.24) is 9.97 Å². The molecule has 0 radical (unpaired) electrons. The molecule has 2 heterocycles. The van der Waals surface area contributed by atoms with Gasteiger partial charge in [-0.1, -0.05) is 37.8 Å². The van der Waals surface area contributed by atoms with Gasteiger partial charge >= 0.3 is 0 Å². The summed E-state index contributed by atoms with van der Waals surface area (Å²) in [5, 5.41) is 3.17. The molecule has 3 rings (SSSR count). The van der Waals surface area contributed by atoms with Gasteiger partial charge < -0.3 is 19.8 Å². The van der Waals surface area contributed by atoms with Gasteiger partial charge in [-0.3, -0.25) is 9.59 Å². The molecule has 29 heavy (non-hydrogen) atoms. The van der Waals surface area contributed by atoms with Crippen molar-refractivity contribution in [2.45, 2.75) is 31.3 Å². The molecule has 1 aromatic carbocycles. The van der Waals surface area contributed by atoms with E-state index in [1.807, 2.05) is 18.2 Å². The Kier molecular flexibility index (Phi) is 6.64. The van der Waals surface area contributed by atoms with Gasteiger partial charge in [-0.25, -0.2) is 4.98 Å². The van der Waals surface area contributed by atoms with Crippen LogP contribution in [0, 0.1) is 5.92 Å². The number of carbonyl (C=O) groups is 1. The van der Waals surface area contributed by atoms with E-state index >= 15 is 0 Å². The van der Waals surface area contributed by atoms with E-state index in [1.165, 1.54) is 11.8 Å². The van der Waals surface area contributed by atoms with E-state index in [2.05, 4.69) is 35.7 Å². The van der Waals surface area contributed by atoms with Crippen molar-refractivity contribution < 1.29 is 14.3 Å². The van der Waals surface area contributed by atoms with Gasteiger partial charge in [0.25, 0.3) is 5.56 Å². The van der Waals surface area contributed by atoms with E-state index in [4.69, 9.17) is 9.47 Å². The highest BCUT2D eigenvalue weighted by Gasteiger charge is 2.31. The maximum atomic E-state index is 12.8. The van der Waals surface area contributed by atoms with Crippen molar-refractivity contribution in [3.05, 3.63) is 52.3 Å². The Labute approximate surface area is 173 Å². The van der Waals surface area contributed by atoms with Crippen LogP contribution in [-0.2, 0) is 4.79 Å². The summed E-state index contributed by atoms with van der Waals surface area (Å²) in [7, 11) is 1.57. The number of H-pyrrole nitrogens is 1. The highest BCUT2D eigenvalue weighted by Crippen LogP contribution is 2.38. The second-order valence-corrected chi connectivity index (χ2v) is 8.16. The molecule has 0 fully saturated rings. The summed E-state index contributed by atoms with van der Waals surface area (Å²) >= 11 is 1.35. The smallest absolute Gasteiger partial charge is 0.257 e. The molecule has 0 spiro atoms. The van der Waals surface area contributed by atoms with Crippen molar-refractivity contribution in [3.8, 4) is 11.5 Å². The second kappa shape index (κ2) is 9.17. The Bertz CT molecular complexity index is 971. The van der Waals surface area contributed by atoms with Crippen LogP contribution < -0.4 is 20.3 Å². The lowest BCUT2D eigenvalue weighted by molar-refractivity contribution is -0.116. The molecule has 0 saturated carbocycles. The lowest BCUT2D eigenvalue weighted by atomic mass is 9.86. The maximum Gasteiger partial charge on any atom is 0.257 e. The Hall–Kier alpha value is -2.74. The number of thioether (sulfide) groups is 1. The molecule has 8 heteroatoms. The predicted octanol–water partition coefficient (Wildman–Crippen LogP) is 3.57. The minimum atomic E-state index is -0.415. The van der Waals surface area contributed by atoms with Gasteiger partial charge in [0.2, 0.25) is 5.91 Å². The number of anilines is 1. The van der Waals surface area contributed by atoms with E-state index in [0.717, 1.165) is 5.56 Å². The van der Waals surface area contributed by atoms with Crippen LogP contribution in [0.4, 0.5) is 5.82 Å². The van der Waals surface area contributed by atoms with Crippen molar-refractivity contribution in [2.24, 2.45) is 5.92 Å². The molecule has 7 nitrogen and oxygen atoms in total. The first-order chi connectivity index (χ1) is 13.9. The zero-order valence-electron chi connectivity index (χ0n) is 16.8. The van der Waals surface area contributed by atoms with Crippen LogP contribution in [0.25, 0.3) is 0 Å². The summed E-state index contributed by atoms with van der Waals surface area (Å²) in [6, 6.07) is 5.51. The number of fused-ring (bicyclic) bond motifs is 1. The van der Waals surface area contributed by atoms with Crippen LogP contribution >= 0.6 is 11.8 Å². The van der Waals surface area contributed by atoms with E-state index < -0.39 is 5.92 Å². The van der Waals surface area contributed by atoms with Gasteiger partial charge in [0, 0.05) is 18.1 Å². The van der Waals surface area contributed by atoms with E-state index in [1.54, 1.807) is 13.2 Å². The number of hydrogen-bond acceptors (Lipinski definition) is 6. The number of hydrogen-bond donors (Lipinski definition) is 2. The third-order valence-electron chi connectivity index (χ3n) is 4.43. The molecule has 1 aliphatic rings. The zero-order chi connectivity index (χ0) is 21.0. The molecule has 1 aromatic heterocycles. The number of aromatic nitrogens is 2. The number of nitrogens with zero attached hydrogens (tertiary/aromatic N) is 1. The molecule has 0 bridgehead atoms. The van der Waals surface area contributed by atoms with Gasteiger partial charge in [-0.05, 0) is 23.6 Å². The lowest BCUT2D eigenvalue weighted by Crippen LogP contribution is -2.31. The average Bonchev–Trinajstić information content (AvgIpc) is 2.69. The topological polar surface area (TPSA) is 93.3 Å². The fourth-order valence-electron chi connectivity index (χ4n) is 3.12. The SMILES string of the molecule is C=CCSc1nc2c(c(=O)[nH]1)[C@H](c1ccc(OCC(C)C)c(OC)c1)CC(=O)N2. The van der Waals surface area contributed by atoms with Crippen molar-refractivity contribution in [2.75, 3.05) is 24.8 Å². The summed E-state index contributed by atoms with van der Waals surface area (Å²) in [6.07, 6.45) is 1.88. The van der Waals surface area contributed by atoms with Crippen LogP contribution in [0.1, 0.15) is 37.3 Å². The van der Waals surface area contributed by atoms with Crippen LogP contribution in [0.15, 0.2) is 40.8 Å². The average molecular weight is 416 g/mol. The van der Waals surface area contributed by atoms with Crippen LogP contribution in [0.2, 0.25) is 0 Å². The number of ether oxygens (including phenoxy) is 2. The fraction of sp³-hybridized carbons (Fsp3) is 0.381. The largest absolute Gasteiger partial charge is 0.493 e. The molecule has 0 aliphatic carbocycles. The van der Waals surface area contributed by atoms with Gasteiger partial charge in [0.1, 0.15) is 5.82 Å². The first-order valence-electron chi connectivity index (χ1n) is 9.41. The maximum absolute atomic E-state index is 12.8. The molecule has 2 aromatic rings. The number of amides is 1. The van der Waals surface area contributed by atoms with E-state index in [9.17, 15) is 9.59 Å². The van der Waals surface area contributed by atoms with Crippen LogP contribution in [-0.4, -0.2) is 35.3 Å². The van der Waals surface area contributed by atoms with Gasteiger partial charge in [-0.15, -0.1) is 6.58 Å². The molecular weight excluding hydrogens is 390 g/mol. The Morgan fingerprint density at radius 3 is 2.83 bits per heavy atom. The monoisotopic (exact) mass is 415 g/mol. The molecular formula is C21H25N3O4S. The molecule has 1 amide bonds. The quantitative estimate of drug-likeness (QED) is 0.389. The molecule has 0 unspecified atom stereocenters. The normalized spacial score (nSPS) is 15.6. The van der Waals surface area contributed by atoms with Crippen molar-refractivity contribution in [3.63, 3.8) is 0 Å². The van der Waals surface area contributed by atoms with Crippen molar-refractivity contribution >= 4 is 23.5 Å². The Morgan fingerprint density at radius 2 is 2.14 bits per heavy atom.